The van der Waals surface area contributed by atoms with Crippen LogP contribution < -0.4 is 10.6 Å². The number of rotatable bonds is 5. The summed E-state index contributed by atoms with van der Waals surface area (Å²) >= 11 is 0. The van der Waals surface area contributed by atoms with Crippen LogP contribution in [0.4, 0.5) is 0 Å². The fourth-order valence-corrected chi connectivity index (χ4v) is 2.78. The van der Waals surface area contributed by atoms with Gasteiger partial charge in [-0.2, -0.15) is 0 Å². The molecule has 0 saturated carbocycles. The zero-order valence-electron chi connectivity index (χ0n) is 12.8. The molecule has 106 valence electrons. The van der Waals surface area contributed by atoms with Crippen molar-refractivity contribution in [2.24, 2.45) is 17.8 Å². The maximum atomic E-state index is 12.2. The van der Waals surface area contributed by atoms with E-state index in [4.69, 9.17) is 0 Å². The molecule has 1 rings (SSSR count). The van der Waals surface area contributed by atoms with E-state index in [0.717, 1.165) is 12.8 Å². The summed E-state index contributed by atoms with van der Waals surface area (Å²) in [6.07, 6.45) is 2.15. The normalized spacial score (nSPS) is 30.7. The molecule has 1 unspecified atom stereocenters. The zero-order valence-corrected chi connectivity index (χ0v) is 12.8. The molecule has 18 heavy (non-hydrogen) atoms. The highest BCUT2D eigenvalue weighted by atomic mass is 16.2. The van der Waals surface area contributed by atoms with Crippen molar-refractivity contribution in [3.63, 3.8) is 0 Å². The van der Waals surface area contributed by atoms with E-state index in [1.807, 2.05) is 0 Å². The Kier molecular flexibility index (Phi) is 5.64. The lowest BCUT2D eigenvalue weighted by atomic mass is 9.85. The first-order valence-corrected chi connectivity index (χ1v) is 7.43. The molecule has 1 heterocycles. The van der Waals surface area contributed by atoms with Crippen molar-refractivity contribution in [3.8, 4) is 0 Å². The van der Waals surface area contributed by atoms with E-state index in [2.05, 4.69) is 52.2 Å². The summed E-state index contributed by atoms with van der Waals surface area (Å²) in [6.45, 7) is 13.2. The maximum Gasteiger partial charge on any atom is 0.237 e. The minimum atomic E-state index is -0.0197. The average Bonchev–Trinajstić information content (AvgIpc) is 2.29. The Bertz CT molecular complexity index is 276. The molecule has 1 aliphatic heterocycles. The van der Waals surface area contributed by atoms with Gasteiger partial charge in [0.1, 0.15) is 0 Å². The van der Waals surface area contributed by atoms with Crippen LogP contribution in [0.3, 0.4) is 0 Å². The Morgan fingerprint density at radius 3 is 2.22 bits per heavy atom. The summed E-state index contributed by atoms with van der Waals surface area (Å²) < 4.78 is 0. The van der Waals surface area contributed by atoms with Gasteiger partial charge in [0, 0.05) is 12.1 Å². The number of amides is 1. The standard InChI is InChI=1S/C15H30N2O/c1-7-11(6)14-15(18)17-13(10(4)5)12(16-14)8-9(2)3/h9-14,16H,7-8H2,1-6H3,(H,17,18)/t11?,12-,13+,14+/m1/s1. The number of hydrogen-bond acceptors (Lipinski definition) is 2. The van der Waals surface area contributed by atoms with Gasteiger partial charge >= 0.3 is 0 Å². The van der Waals surface area contributed by atoms with Crippen molar-refractivity contribution in [3.05, 3.63) is 0 Å². The number of carbonyl (C=O) groups is 1. The van der Waals surface area contributed by atoms with Crippen molar-refractivity contribution < 1.29 is 4.79 Å². The quantitative estimate of drug-likeness (QED) is 0.791. The molecule has 0 aromatic rings. The van der Waals surface area contributed by atoms with E-state index in [9.17, 15) is 4.79 Å². The van der Waals surface area contributed by atoms with E-state index in [0.29, 0.717) is 23.8 Å². The van der Waals surface area contributed by atoms with Crippen molar-refractivity contribution in [2.75, 3.05) is 0 Å². The molecule has 0 aromatic carbocycles. The highest BCUT2D eigenvalue weighted by molar-refractivity contribution is 5.83. The molecule has 0 aromatic heterocycles. The smallest absolute Gasteiger partial charge is 0.237 e. The number of carbonyl (C=O) groups excluding carboxylic acids is 1. The Morgan fingerprint density at radius 2 is 1.78 bits per heavy atom. The van der Waals surface area contributed by atoms with Crippen molar-refractivity contribution in [2.45, 2.75) is 72.5 Å². The molecule has 1 saturated heterocycles. The third kappa shape index (κ3) is 3.71. The van der Waals surface area contributed by atoms with E-state index < -0.39 is 0 Å². The van der Waals surface area contributed by atoms with Gasteiger partial charge in [0.05, 0.1) is 6.04 Å². The first kappa shape index (κ1) is 15.5. The highest BCUT2D eigenvalue weighted by Crippen LogP contribution is 2.21. The largest absolute Gasteiger partial charge is 0.350 e. The van der Waals surface area contributed by atoms with Gasteiger partial charge in [-0.1, -0.05) is 48.0 Å². The van der Waals surface area contributed by atoms with Crippen LogP contribution in [0.1, 0.15) is 54.4 Å². The molecular formula is C15H30N2O. The number of piperazine rings is 1. The van der Waals surface area contributed by atoms with Crippen LogP contribution in [0.2, 0.25) is 0 Å². The van der Waals surface area contributed by atoms with Gasteiger partial charge in [0.25, 0.3) is 0 Å². The number of nitrogens with one attached hydrogen (secondary N) is 2. The van der Waals surface area contributed by atoms with E-state index in [-0.39, 0.29) is 18.0 Å². The van der Waals surface area contributed by atoms with Crippen LogP contribution in [0.25, 0.3) is 0 Å². The minimum Gasteiger partial charge on any atom is -0.350 e. The van der Waals surface area contributed by atoms with Crippen LogP contribution in [0.5, 0.6) is 0 Å². The van der Waals surface area contributed by atoms with Crippen LogP contribution in [-0.2, 0) is 4.79 Å². The topological polar surface area (TPSA) is 41.1 Å². The highest BCUT2D eigenvalue weighted by Gasteiger charge is 2.38. The maximum absolute atomic E-state index is 12.2. The van der Waals surface area contributed by atoms with Crippen LogP contribution >= 0.6 is 0 Å². The minimum absolute atomic E-state index is 0.0197. The summed E-state index contributed by atoms with van der Waals surface area (Å²) in [5.41, 5.74) is 0. The van der Waals surface area contributed by atoms with Crippen molar-refractivity contribution in [1.82, 2.24) is 10.6 Å². The van der Waals surface area contributed by atoms with E-state index >= 15 is 0 Å². The average molecular weight is 254 g/mol. The zero-order chi connectivity index (χ0) is 13.9. The monoisotopic (exact) mass is 254 g/mol. The second-order valence-electron chi connectivity index (χ2n) is 6.54. The molecule has 1 aliphatic rings. The molecule has 0 radical (unpaired) electrons. The Morgan fingerprint density at radius 1 is 1.17 bits per heavy atom. The Balaban J connectivity index is 2.79. The number of hydrogen-bond donors (Lipinski definition) is 2. The lowest BCUT2D eigenvalue weighted by Crippen LogP contribution is -2.67. The van der Waals surface area contributed by atoms with Crippen molar-refractivity contribution in [1.29, 1.82) is 0 Å². The predicted octanol–water partition coefficient (Wildman–Crippen LogP) is 2.56. The van der Waals surface area contributed by atoms with Crippen LogP contribution in [-0.4, -0.2) is 24.0 Å². The van der Waals surface area contributed by atoms with Gasteiger partial charge in [0.15, 0.2) is 0 Å². The summed E-state index contributed by atoms with van der Waals surface area (Å²) in [5.74, 6) is 1.70. The van der Waals surface area contributed by atoms with Crippen LogP contribution in [0, 0.1) is 17.8 Å². The second-order valence-corrected chi connectivity index (χ2v) is 6.54. The SMILES string of the molecule is CCC(C)[C@@H]1N[C@H](CC(C)C)[C@H](C(C)C)NC1=O. The van der Waals surface area contributed by atoms with Crippen LogP contribution in [0.15, 0.2) is 0 Å². The molecule has 4 atom stereocenters. The molecule has 3 heteroatoms. The predicted molar refractivity (Wildman–Crippen MR) is 76.4 cm³/mol. The fourth-order valence-electron chi connectivity index (χ4n) is 2.78. The second kappa shape index (κ2) is 6.55. The summed E-state index contributed by atoms with van der Waals surface area (Å²) in [6, 6.07) is 0.649. The first-order valence-electron chi connectivity index (χ1n) is 7.43. The molecule has 3 nitrogen and oxygen atoms in total. The molecular weight excluding hydrogens is 224 g/mol. The van der Waals surface area contributed by atoms with Crippen molar-refractivity contribution >= 4 is 5.91 Å². The van der Waals surface area contributed by atoms with Gasteiger partial charge in [-0.25, -0.2) is 0 Å². The molecule has 1 amide bonds. The molecule has 1 fully saturated rings. The lowest BCUT2D eigenvalue weighted by Gasteiger charge is -2.42. The van der Waals surface area contributed by atoms with Gasteiger partial charge in [-0.3, -0.25) is 4.79 Å². The molecule has 2 N–H and O–H groups in total. The van der Waals surface area contributed by atoms with Gasteiger partial charge in [0.2, 0.25) is 5.91 Å². The van der Waals surface area contributed by atoms with E-state index in [1.165, 1.54) is 0 Å². The molecule has 0 spiro atoms. The third-order valence-electron chi connectivity index (χ3n) is 4.08. The van der Waals surface area contributed by atoms with Gasteiger partial charge < -0.3 is 10.6 Å². The van der Waals surface area contributed by atoms with E-state index in [1.54, 1.807) is 0 Å². The molecule has 0 bridgehead atoms. The first-order chi connectivity index (χ1) is 8.36. The summed E-state index contributed by atoms with van der Waals surface area (Å²) in [7, 11) is 0. The summed E-state index contributed by atoms with van der Waals surface area (Å²) in [5, 5.41) is 6.84. The lowest BCUT2D eigenvalue weighted by molar-refractivity contribution is -0.128. The Hall–Kier alpha value is -0.570. The Labute approximate surface area is 112 Å². The fraction of sp³-hybridized carbons (Fsp3) is 0.933. The van der Waals surface area contributed by atoms with Gasteiger partial charge in [-0.15, -0.1) is 0 Å². The third-order valence-corrected chi connectivity index (χ3v) is 4.08. The molecule has 0 aliphatic carbocycles. The summed E-state index contributed by atoms with van der Waals surface area (Å²) in [4.78, 5) is 12.2. The van der Waals surface area contributed by atoms with Gasteiger partial charge in [-0.05, 0) is 24.2 Å².